The number of hydrogen-bond donors (Lipinski definition) is 2. The molecule has 0 unspecified atom stereocenters. The molecule has 2 aromatic rings. The summed E-state index contributed by atoms with van der Waals surface area (Å²) in [5.74, 6) is 0.901. The predicted molar refractivity (Wildman–Crippen MR) is 102 cm³/mol. The Kier molecular flexibility index (Phi) is 6.17. The van der Waals surface area contributed by atoms with Gasteiger partial charge in [0.25, 0.3) is 5.91 Å². The zero-order chi connectivity index (χ0) is 18.4. The van der Waals surface area contributed by atoms with Crippen molar-refractivity contribution < 1.29 is 9.69 Å². The molecular weight excluding hydrogens is 326 g/mol. The van der Waals surface area contributed by atoms with Gasteiger partial charge in [0.15, 0.2) is 6.54 Å². The predicted octanol–water partition coefficient (Wildman–Crippen LogP) is 0.757. The topological polar surface area (TPSA) is 62.6 Å². The molecule has 1 aromatic carbocycles. The van der Waals surface area contributed by atoms with Crippen molar-refractivity contribution in [2.45, 2.75) is 26.3 Å². The minimum atomic E-state index is 0.0847. The number of nitrogens with one attached hydrogen (secondary N) is 2. The smallest absolute Gasteiger partial charge is 0.275 e. The summed E-state index contributed by atoms with van der Waals surface area (Å²) in [5.41, 5.74) is 2.41. The van der Waals surface area contributed by atoms with Gasteiger partial charge in [-0.15, -0.1) is 0 Å². The molecule has 2 heterocycles. The van der Waals surface area contributed by atoms with Crippen LogP contribution >= 0.6 is 0 Å². The van der Waals surface area contributed by atoms with E-state index in [1.807, 2.05) is 6.07 Å². The van der Waals surface area contributed by atoms with Crippen molar-refractivity contribution in [3.8, 4) is 0 Å². The third kappa shape index (κ3) is 4.79. The van der Waals surface area contributed by atoms with E-state index < -0.39 is 0 Å². The summed E-state index contributed by atoms with van der Waals surface area (Å²) in [6, 6.07) is 10.3. The van der Waals surface area contributed by atoms with Gasteiger partial charge in [0.1, 0.15) is 0 Å². The molecule has 1 aromatic heterocycles. The van der Waals surface area contributed by atoms with Crippen molar-refractivity contribution in [1.82, 2.24) is 15.3 Å². The maximum atomic E-state index is 12.5. The molecule has 1 aliphatic heterocycles. The van der Waals surface area contributed by atoms with Gasteiger partial charge in [0, 0.05) is 12.4 Å². The normalized spacial score (nSPS) is 16.3. The van der Waals surface area contributed by atoms with E-state index in [0.29, 0.717) is 6.54 Å². The number of carbonyl (C=O) groups excluding carboxylic acids is 1. The fourth-order valence-electron chi connectivity index (χ4n) is 3.35. The van der Waals surface area contributed by atoms with Crippen LogP contribution in [0.3, 0.4) is 0 Å². The summed E-state index contributed by atoms with van der Waals surface area (Å²) in [7, 11) is 0. The molecule has 138 valence electrons. The Morgan fingerprint density at radius 1 is 1.19 bits per heavy atom. The molecule has 6 heteroatoms. The molecule has 3 rings (SSSR count). The Morgan fingerprint density at radius 3 is 2.46 bits per heavy atom. The number of quaternary nitrogens is 1. The number of aryl methyl sites for hydroxylation is 1. The maximum Gasteiger partial charge on any atom is 0.275 e. The van der Waals surface area contributed by atoms with Crippen LogP contribution in [0.15, 0.2) is 42.7 Å². The van der Waals surface area contributed by atoms with E-state index in [-0.39, 0.29) is 11.9 Å². The van der Waals surface area contributed by atoms with E-state index in [1.165, 1.54) is 16.0 Å². The largest absolute Gasteiger partial charge is 0.344 e. The third-order valence-electron chi connectivity index (χ3n) is 4.94. The lowest BCUT2D eigenvalue weighted by atomic mass is 10.0. The van der Waals surface area contributed by atoms with E-state index in [1.54, 1.807) is 12.4 Å². The number of amides is 1. The molecule has 1 amide bonds. The SMILES string of the molecule is CC[C@@H](NC(=O)C[NH+]1CCN(c2ncccn2)CC1)c1ccc(C)cc1. The molecule has 0 spiro atoms. The molecule has 1 saturated heterocycles. The quantitative estimate of drug-likeness (QED) is 0.804. The highest BCUT2D eigenvalue weighted by Crippen LogP contribution is 2.16. The molecule has 1 atom stereocenters. The standard InChI is InChI=1S/C20H27N5O/c1-3-18(17-7-5-16(2)6-8-17)23-19(26)15-24-11-13-25(14-12-24)20-21-9-4-10-22-20/h4-10,18H,3,11-15H2,1-2H3,(H,23,26)/p+1/t18-/m1/s1. The van der Waals surface area contributed by atoms with Crippen molar-refractivity contribution in [3.05, 3.63) is 53.9 Å². The van der Waals surface area contributed by atoms with E-state index in [4.69, 9.17) is 0 Å². The Bertz CT molecular complexity index is 696. The molecule has 0 bridgehead atoms. The van der Waals surface area contributed by atoms with Crippen LogP contribution in [0.4, 0.5) is 5.95 Å². The molecular formula is C20H28N5O+. The minimum absolute atomic E-state index is 0.0847. The second-order valence-electron chi connectivity index (χ2n) is 6.90. The third-order valence-corrected chi connectivity index (χ3v) is 4.94. The number of nitrogens with zero attached hydrogens (tertiary/aromatic N) is 3. The lowest BCUT2D eigenvalue weighted by Crippen LogP contribution is -3.16. The maximum absolute atomic E-state index is 12.5. The first-order valence-electron chi connectivity index (χ1n) is 9.37. The van der Waals surface area contributed by atoms with Crippen molar-refractivity contribution in [3.63, 3.8) is 0 Å². The average Bonchev–Trinajstić information content (AvgIpc) is 2.68. The van der Waals surface area contributed by atoms with Crippen molar-refractivity contribution in [2.24, 2.45) is 0 Å². The minimum Gasteiger partial charge on any atom is -0.344 e. The Hall–Kier alpha value is -2.47. The van der Waals surface area contributed by atoms with Gasteiger partial charge in [-0.05, 0) is 25.0 Å². The zero-order valence-corrected chi connectivity index (χ0v) is 15.6. The second-order valence-corrected chi connectivity index (χ2v) is 6.90. The van der Waals surface area contributed by atoms with Crippen LogP contribution in [0.2, 0.25) is 0 Å². The van der Waals surface area contributed by atoms with Gasteiger partial charge >= 0.3 is 0 Å². The lowest BCUT2D eigenvalue weighted by Gasteiger charge is -2.32. The lowest BCUT2D eigenvalue weighted by molar-refractivity contribution is -0.892. The van der Waals surface area contributed by atoms with E-state index in [0.717, 1.165) is 38.5 Å². The van der Waals surface area contributed by atoms with Gasteiger partial charge in [0.05, 0.1) is 32.2 Å². The number of benzene rings is 1. The van der Waals surface area contributed by atoms with Crippen LogP contribution in [0, 0.1) is 6.92 Å². The monoisotopic (exact) mass is 354 g/mol. The summed E-state index contributed by atoms with van der Waals surface area (Å²) in [6.45, 7) is 8.30. The fraction of sp³-hybridized carbons (Fsp3) is 0.450. The average molecular weight is 354 g/mol. The van der Waals surface area contributed by atoms with Crippen LogP contribution in [-0.4, -0.2) is 48.6 Å². The first-order valence-corrected chi connectivity index (χ1v) is 9.37. The molecule has 6 nitrogen and oxygen atoms in total. The van der Waals surface area contributed by atoms with Crippen LogP contribution < -0.4 is 15.1 Å². The Morgan fingerprint density at radius 2 is 1.85 bits per heavy atom. The van der Waals surface area contributed by atoms with Crippen LogP contribution in [-0.2, 0) is 4.79 Å². The number of aromatic nitrogens is 2. The summed E-state index contributed by atoms with van der Waals surface area (Å²) in [5, 5.41) is 3.19. The van der Waals surface area contributed by atoms with E-state index in [2.05, 4.69) is 58.3 Å². The molecule has 0 saturated carbocycles. The summed E-state index contributed by atoms with van der Waals surface area (Å²) in [4.78, 5) is 24.6. The first kappa shape index (κ1) is 18.3. The molecule has 26 heavy (non-hydrogen) atoms. The van der Waals surface area contributed by atoms with Crippen LogP contribution in [0.1, 0.15) is 30.5 Å². The van der Waals surface area contributed by atoms with Gasteiger partial charge < -0.3 is 15.1 Å². The van der Waals surface area contributed by atoms with Gasteiger partial charge in [-0.2, -0.15) is 0 Å². The highest BCUT2D eigenvalue weighted by atomic mass is 16.2. The van der Waals surface area contributed by atoms with E-state index >= 15 is 0 Å². The zero-order valence-electron chi connectivity index (χ0n) is 15.6. The number of anilines is 1. The van der Waals surface area contributed by atoms with Crippen LogP contribution in [0.5, 0.6) is 0 Å². The summed E-state index contributed by atoms with van der Waals surface area (Å²) >= 11 is 0. The second kappa shape index (κ2) is 8.76. The fourth-order valence-corrected chi connectivity index (χ4v) is 3.35. The Balaban J connectivity index is 1.48. The first-order chi connectivity index (χ1) is 12.7. The van der Waals surface area contributed by atoms with Crippen molar-refractivity contribution in [1.29, 1.82) is 0 Å². The van der Waals surface area contributed by atoms with Gasteiger partial charge in [0.2, 0.25) is 5.95 Å². The number of hydrogen-bond acceptors (Lipinski definition) is 4. The number of carbonyl (C=O) groups is 1. The molecule has 0 aliphatic carbocycles. The van der Waals surface area contributed by atoms with Crippen LogP contribution in [0.25, 0.3) is 0 Å². The van der Waals surface area contributed by atoms with E-state index in [9.17, 15) is 4.79 Å². The molecule has 0 radical (unpaired) electrons. The van der Waals surface area contributed by atoms with Crippen molar-refractivity contribution >= 4 is 11.9 Å². The molecule has 1 aliphatic rings. The Labute approximate surface area is 155 Å². The van der Waals surface area contributed by atoms with Gasteiger partial charge in [-0.25, -0.2) is 9.97 Å². The summed E-state index contributed by atoms with van der Waals surface area (Å²) in [6.07, 6.45) is 4.43. The molecule has 1 fully saturated rings. The van der Waals surface area contributed by atoms with Gasteiger partial charge in [-0.1, -0.05) is 36.8 Å². The van der Waals surface area contributed by atoms with Crippen molar-refractivity contribution in [2.75, 3.05) is 37.6 Å². The molecule has 2 N–H and O–H groups in total. The van der Waals surface area contributed by atoms with Gasteiger partial charge in [-0.3, -0.25) is 4.79 Å². The highest BCUT2D eigenvalue weighted by molar-refractivity contribution is 5.77. The highest BCUT2D eigenvalue weighted by Gasteiger charge is 2.24. The summed E-state index contributed by atoms with van der Waals surface area (Å²) < 4.78 is 0. The number of piperazine rings is 1. The number of rotatable bonds is 6.